The van der Waals surface area contributed by atoms with Gasteiger partial charge in [-0.3, -0.25) is 0 Å². The number of hydrogen-bond donors (Lipinski definition) is 0. The lowest BCUT2D eigenvalue weighted by molar-refractivity contribution is 0.752. The minimum absolute atomic E-state index is 0.540. The normalized spacial score (nSPS) is 13.2. The predicted molar refractivity (Wildman–Crippen MR) is 230 cm³/mol. The molecule has 1 aliphatic carbocycles. The predicted octanol–water partition coefficient (Wildman–Crippen LogP) is 14.1. The summed E-state index contributed by atoms with van der Waals surface area (Å²) in [6.45, 7) is 0. The zero-order valence-corrected chi connectivity index (χ0v) is 30.2. The van der Waals surface area contributed by atoms with Crippen LogP contribution in [0.1, 0.15) is 22.3 Å². The van der Waals surface area contributed by atoms with E-state index in [0.717, 1.165) is 22.7 Å². The van der Waals surface area contributed by atoms with Gasteiger partial charge in [0, 0.05) is 22.3 Å². The minimum atomic E-state index is -0.540. The highest BCUT2D eigenvalue weighted by atomic mass is 15.2. The summed E-state index contributed by atoms with van der Waals surface area (Å²) in [5.74, 6) is 0. The van der Waals surface area contributed by atoms with Gasteiger partial charge in [-0.05, 0) is 92.9 Å². The van der Waals surface area contributed by atoms with E-state index in [-0.39, 0.29) is 0 Å². The van der Waals surface area contributed by atoms with E-state index in [0.29, 0.717) is 0 Å². The number of fused-ring (bicyclic) bond motifs is 10. The standard InChI is InChI=1S/C53H36N2/c1-3-17-37(18-4-1)38-33-35-41(36-34-38)54(48-31-15-20-39-19-7-8-23-42(39)48)51-32-16-28-47-52(51)43-24-9-10-25-44(43)53(47)45-26-11-13-29-49(45)55(40-21-5-2-6-22-40)50-30-14-12-27-46(50)53/h1-36H. The van der Waals surface area contributed by atoms with Gasteiger partial charge in [-0.2, -0.15) is 0 Å². The Labute approximate surface area is 321 Å². The van der Waals surface area contributed by atoms with Gasteiger partial charge in [0.05, 0.1) is 28.2 Å². The topological polar surface area (TPSA) is 6.48 Å². The van der Waals surface area contributed by atoms with Crippen LogP contribution in [0.15, 0.2) is 218 Å². The van der Waals surface area contributed by atoms with Crippen LogP contribution in [0.3, 0.4) is 0 Å². The van der Waals surface area contributed by atoms with Crippen LogP contribution in [-0.4, -0.2) is 0 Å². The first-order valence-corrected chi connectivity index (χ1v) is 19.0. The van der Waals surface area contributed by atoms with Gasteiger partial charge in [-0.25, -0.2) is 0 Å². The second-order valence-electron chi connectivity index (χ2n) is 14.4. The van der Waals surface area contributed by atoms with Crippen molar-refractivity contribution in [3.63, 3.8) is 0 Å². The molecule has 258 valence electrons. The van der Waals surface area contributed by atoms with Crippen LogP contribution in [0.4, 0.5) is 34.1 Å². The summed E-state index contributed by atoms with van der Waals surface area (Å²) in [5, 5.41) is 2.43. The molecule has 0 amide bonds. The van der Waals surface area contributed by atoms with Gasteiger partial charge in [-0.15, -0.1) is 0 Å². The van der Waals surface area contributed by atoms with Crippen molar-refractivity contribution < 1.29 is 0 Å². The number of hydrogen-bond acceptors (Lipinski definition) is 2. The molecular formula is C53H36N2. The molecule has 0 aromatic heterocycles. The summed E-state index contributed by atoms with van der Waals surface area (Å²) in [4.78, 5) is 4.93. The van der Waals surface area contributed by atoms with E-state index in [1.165, 1.54) is 66.7 Å². The van der Waals surface area contributed by atoms with Crippen LogP contribution < -0.4 is 9.80 Å². The van der Waals surface area contributed by atoms with E-state index in [1.54, 1.807) is 0 Å². The Balaban J connectivity index is 1.21. The highest BCUT2D eigenvalue weighted by Crippen LogP contribution is 2.65. The Kier molecular flexibility index (Phi) is 7.11. The number of rotatable bonds is 5. The van der Waals surface area contributed by atoms with Gasteiger partial charge in [0.2, 0.25) is 0 Å². The summed E-state index contributed by atoms with van der Waals surface area (Å²) >= 11 is 0. The molecule has 2 aliphatic rings. The van der Waals surface area contributed by atoms with E-state index < -0.39 is 5.41 Å². The van der Waals surface area contributed by atoms with Crippen molar-refractivity contribution >= 4 is 44.9 Å². The van der Waals surface area contributed by atoms with E-state index in [9.17, 15) is 0 Å². The Morgan fingerprint density at radius 1 is 0.364 bits per heavy atom. The van der Waals surface area contributed by atoms with Crippen LogP contribution in [0.25, 0.3) is 33.0 Å². The summed E-state index contributed by atoms with van der Waals surface area (Å²) in [7, 11) is 0. The van der Waals surface area contributed by atoms with Crippen LogP contribution in [0.2, 0.25) is 0 Å². The molecule has 0 N–H and O–H groups in total. The van der Waals surface area contributed by atoms with Gasteiger partial charge in [0.25, 0.3) is 0 Å². The maximum atomic E-state index is 2.49. The first-order chi connectivity index (χ1) is 27.3. The van der Waals surface area contributed by atoms with Gasteiger partial charge in [-0.1, -0.05) is 170 Å². The summed E-state index contributed by atoms with van der Waals surface area (Å²) in [6, 6.07) is 80.0. The van der Waals surface area contributed by atoms with Crippen LogP contribution in [0, 0.1) is 0 Å². The van der Waals surface area contributed by atoms with Crippen LogP contribution >= 0.6 is 0 Å². The van der Waals surface area contributed by atoms with Gasteiger partial charge in [0.15, 0.2) is 0 Å². The van der Waals surface area contributed by atoms with Crippen molar-refractivity contribution in [2.24, 2.45) is 0 Å². The fourth-order valence-electron chi connectivity index (χ4n) is 9.42. The van der Waals surface area contributed by atoms with E-state index in [2.05, 4.69) is 228 Å². The molecule has 11 rings (SSSR count). The van der Waals surface area contributed by atoms with E-state index >= 15 is 0 Å². The molecule has 1 spiro atoms. The third-order valence-electron chi connectivity index (χ3n) is 11.6. The smallest absolute Gasteiger partial charge is 0.0755 e. The lowest BCUT2D eigenvalue weighted by Gasteiger charge is -2.45. The molecule has 0 atom stereocenters. The Bertz CT molecular complexity index is 2820. The molecule has 0 saturated heterocycles. The summed E-state index contributed by atoms with van der Waals surface area (Å²) < 4.78 is 0. The van der Waals surface area contributed by atoms with Crippen molar-refractivity contribution in [2.45, 2.75) is 5.41 Å². The second kappa shape index (κ2) is 12.5. The lowest BCUT2D eigenvalue weighted by Crippen LogP contribution is -2.36. The third kappa shape index (κ3) is 4.62. The van der Waals surface area contributed by atoms with Crippen LogP contribution in [-0.2, 0) is 5.41 Å². The minimum Gasteiger partial charge on any atom is -0.310 e. The Morgan fingerprint density at radius 3 is 1.64 bits per heavy atom. The van der Waals surface area contributed by atoms with Gasteiger partial charge < -0.3 is 9.80 Å². The molecule has 1 aliphatic heterocycles. The average Bonchev–Trinajstić information content (AvgIpc) is 3.56. The summed E-state index contributed by atoms with van der Waals surface area (Å²) in [5.41, 5.74) is 16.5. The van der Waals surface area contributed by atoms with Crippen LogP contribution in [0.5, 0.6) is 0 Å². The van der Waals surface area contributed by atoms with Crippen molar-refractivity contribution in [1.29, 1.82) is 0 Å². The maximum absolute atomic E-state index is 2.49. The van der Waals surface area contributed by atoms with Crippen molar-refractivity contribution in [3.05, 3.63) is 241 Å². The fraction of sp³-hybridized carbons (Fsp3) is 0.0189. The molecule has 2 heteroatoms. The average molecular weight is 701 g/mol. The molecule has 55 heavy (non-hydrogen) atoms. The fourth-order valence-corrected chi connectivity index (χ4v) is 9.42. The number of anilines is 6. The van der Waals surface area contributed by atoms with E-state index in [1.807, 2.05) is 0 Å². The first-order valence-electron chi connectivity index (χ1n) is 19.0. The zero-order chi connectivity index (χ0) is 36.3. The van der Waals surface area contributed by atoms with Gasteiger partial charge >= 0.3 is 0 Å². The molecule has 0 bridgehead atoms. The number of para-hydroxylation sites is 3. The highest BCUT2D eigenvalue weighted by molar-refractivity contribution is 6.05. The first kappa shape index (κ1) is 31.4. The Hall–Kier alpha value is -7.16. The molecule has 0 radical (unpaired) electrons. The second-order valence-corrected chi connectivity index (χ2v) is 14.4. The largest absolute Gasteiger partial charge is 0.310 e. The molecular weight excluding hydrogens is 665 g/mol. The Morgan fingerprint density at radius 2 is 0.891 bits per heavy atom. The zero-order valence-electron chi connectivity index (χ0n) is 30.2. The molecule has 2 nitrogen and oxygen atoms in total. The number of benzene rings is 9. The molecule has 1 heterocycles. The number of nitrogens with zero attached hydrogens (tertiary/aromatic N) is 2. The molecule has 0 unspecified atom stereocenters. The third-order valence-corrected chi connectivity index (χ3v) is 11.6. The SMILES string of the molecule is c1ccc(-c2ccc(N(c3cccc4c3-c3ccccc3C43c4ccccc4N(c4ccccc4)c4ccccc43)c3cccc4ccccc34)cc2)cc1. The molecule has 0 fully saturated rings. The van der Waals surface area contributed by atoms with Crippen molar-refractivity contribution in [3.8, 4) is 22.3 Å². The summed E-state index contributed by atoms with van der Waals surface area (Å²) in [6.07, 6.45) is 0. The lowest BCUT2D eigenvalue weighted by atomic mass is 9.64. The molecule has 9 aromatic carbocycles. The van der Waals surface area contributed by atoms with Crippen molar-refractivity contribution in [2.75, 3.05) is 9.80 Å². The quantitative estimate of drug-likeness (QED) is 0.176. The molecule has 0 saturated carbocycles. The highest BCUT2D eigenvalue weighted by Gasteiger charge is 2.52. The van der Waals surface area contributed by atoms with Gasteiger partial charge in [0.1, 0.15) is 0 Å². The van der Waals surface area contributed by atoms with Crippen molar-refractivity contribution in [1.82, 2.24) is 0 Å². The van der Waals surface area contributed by atoms with E-state index in [4.69, 9.17) is 0 Å². The molecule has 9 aromatic rings. The maximum Gasteiger partial charge on any atom is 0.0755 e. The monoisotopic (exact) mass is 700 g/mol.